The number of nitrogens with zero attached hydrogens (tertiary/aromatic N) is 4. The van der Waals surface area contributed by atoms with Crippen LogP contribution in [0.15, 0.2) is 101 Å². The fourth-order valence-corrected chi connectivity index (χ4v) is 6.17. The fourth-order valence-electron chi connectivity index (χ4n) is 5.00. The minimum Gasteiger partial charge on any atom is -0.274 e. The zero-order chi connectivity index (χ0) is 32.4. The number of amides is 1. The minimum absolute atomic E-state index is 0.0402. The molecule has 1 amide bonds. The third-order valence-corrected chi connectivity index (χ3v) is 8.68. The molecule has 0 aliphatic rings. The molecule has 234 valence electrons. The van der Waals surface area contributed by atoms with Crippen LogP contribution in [0.25, 0.3) is 16.8 Å². The van der Waals surface area contributed by atoms with E-state index in [1.165, 1.54) is 39.6 Å². The first-order valence-electron chi connectivity index (χ1n) is 14.2. The summed E-state index contributed by atoms with van der Waals surface area (Å²) in [5.74, 6) is 0.355. The predicted molar refractivity (Wildman–Crippen MR) is 163 cm³/mol. The summed E-state index contributed by atoms with van der Waals surface area (Å²) in [6.45, 7) is 3.68. The molecule has 0 aliphatic heterocycles. The molecular weight excluding hydrogens is 607 g/mol. The van der Waals surface area contributed by atoms with Crippen LogP contribution in [0.3, 0.4) is 0 Å². The van der Waals surface area contributed by atoms with Crippen LogP contribution in [-0.4, -0.2) is 33.4 Å². The van der Waals surface area contributed by atoms with Crippen LogP contribution < -0.4 is 10.4 Å². The number of hydrogen-bond donors (Lipinski definition) is 1. The molecule has 3 aromatic carbocycles. The maximum Gasteiger partial charge on any atom is 0.418 e. The van der Waals surface area contributed by atoms with Crippen molar-refractivity contribution in [3.63, 3.8) is 0 Å². The molecule has 9 nitrogen and oxygen atoms in total. The summed E-state index contributed by atoms with van der Waals surface area (Å²) < 4.78 is 73.2. The monoisotopic (exact) mass is 637 g/mol. The van der Waals surface area contributed by atoms with Gasteiger partial charge >= 0.3 is 17.9 Å². The van der Waals surface area contributed by atoms with Crippen molar-refractivity contribution in [1.29, 1.82) is 0 Å². The Hall–Kier alpha value is -4.91. The average Bonchev–Trinajstić information content (AvgIpc) is 3.58. The third kappa shape index (κ3) is 6.63. The number of rotatable bonds is 9. The van der Waals surface area contributed by atoms with E-state index in [2.05, 4.69) is 9.82 Å². The Kier molecular flexibility index (Phi) is 8.82. The highest BCUT2D eigenvalue weighted by molar-refractivity contribution is 7.90. The number of hydrogen-bond acceptors (Lipinski definition) is 5. The van der Waals surface area contributed by atoms with Crippen LogP contribution in [0.1, 0.15) is 42.4 Å². The van der Waals surface area contributed by atoms with E-state index in [9.17, 15) is 31.2 Å². The predicted octanol–water partition coefficient (Wildman–Crippen LogP) is 6.17. The first kappa shape index (κ1) is 31.5. The normalized spacial score (nSPS) is 11.9. The van der Waals surface area contributed by atoms with Gasteiger partial charge in [0.2, 0.25) is 0 Å². The largest absolute Gasteiger partial charge is 0.418 e. The van der Waals surface area contributed by atoms with E-state index in [1.807, 2.05) is 6.92 Å². The maximum atomic E-state index is 13.7. The van der Waals surface area contributed by atoms with Gasteiger partial charge in [-0.05, 0) is 54.8 Å². The summed E-state index contributed by atoms with van der Waals surface area (Å²) in [4.78, 5) is 26.0. The van der Waals surface area contributed by atoms with Gasteiger partial charge in [0.25, 0.3) is 10.0 Å². The number of nitrogens with one attached hydrogen (secondary N) is 1. The van der Waals surface area contributed by atoms with Crippen LogP contribution in [0.2, 0.25) is 0 Å². The minimum atomic E-state index is -4.67. The molecule has 45 heavy (non-hydrogen) atoms. The molecule has 0 radical (unpaired) electrons. The van der Waals surface area contributed by atoms with E-state index in [4.69, 9.17) is 0 Å². The molecule has 0 saturated heterocycles. The van der Waals surface area contributed by atoms with Gasteiger partial charge in [0.1, 0.15) is 5.82 Å². The second-order valence-electron chi connectivity index (χ2n) is 10.4. The molecule has 0 aliphatic carbocycles. The highest BCUT2D eigenvalue weighted by Crippen LogP contribution is 2.33. The first-order chi connectivity index (χ1) is 21.4. The van der Waals surface area contributed by atoms with E-state index in [-0.39, 0.29) is 17.1 Å². The molecule has 2 aromatic heterocycles. The molecule has 0 saturated carbocycles. The van der Waals surface area contributed by atoms with E-state index in [0.29, 0.717) is 41.1 Å². The van der Waals surface area contributed by atoms with Crippen molar-refractivity contribution >= 4 is 16.1 Å². The van der Waals surface area contributed by atoms with Gasteiger partial charge < -0.3 is 0 Å². The van der Waals surface area contributed by atoms with Crippen molar-refractivity contribution < 1.29 is 26.4 Å². The molecule has 0 spiro atoms. The number of aromatic nitrogens is 4. The zero-order valence-corrected chi connectivity index (χ0v) is 25.3. The van der Waals surface area contributed by atoms with E-state index >= 15 is 0 Å². The quantitative estimate of drug-likeness (QED) is 0.208. The highest BCUT2D eigenvalue weighted by atomic mass is 32.2. The summed E-state index contributed by atoms with van der Waals surface area (Å²) in [5.41, 5.74) is 0.100. The van der Waals surface area contributed by atoms with Gasteiger partial charge in [-0.15, -0.1) is 5.10 Å². The number of para-hydroxylation sites is 1. The van der Waals surface area contributed by atoms with Gasteiger partial charge in [-0.2, -0.15) is 17.9 Å². The first-order valence-corrected chi connectivity index (χ1v) is 15.6. The zero-order valence-electron chi connectivity index (χ0n) is 24.5. The van der Waals surface area contributed by atoms with E-state index < -0.39 is 33.5 Å². The van der Waals surface area contributed by atoms with Crippen LogP contribution in [0.4, 0.5) is 18.0 Å². The summed E-state index contributed by atoms with van der Waals surface area (Å²) in [6, 6.07) is 20.3. The van der Waals surface area contributed by atoms with Crippen LogP contribution in [0, 0.1) is 6.92 Å². The molecule has 1 N–H and O–H groups in total. The maximum absolute atomic E-state index is 13.7. The van der Waals surface area contributed by atoms with Crippen molar-refractivity contribution in [1.82, 2.24) is 23.6 Å². The average molecular weight is 638 g/mol. The Balaban J connectivity index is 1.46. The van der Waals surface area contributed by atoms with Crippen molar-refractivity contribution in [2.45, 2.75) is 50.7 Å². The number of alkyl halides is 3. The topological polar surface area (TPSA) is 108 Å². The Bertz CT molecular complexity index is 2010. The Morgan fingerprint density at radius 1 is 0.933 bits per heavy atom. The van der Waals surface area contributed by atoms with E-state index in [1.54, 1.807) is 61.5 Å². The Morgan fingerprint density at radius 2 is 1.62 bits per heavy atom. The molecule has 2 heterocycles. The SMILES string of the molecule is CCCCc1nn(-c2ccccc2C(F)(F)F)c(=O)n1Cc1ccc(-c2ccccc2S(=O)(=O)NC(=O)n2cccc2C)cc1. The Labute approximate surface area is 257 Å². The number of sulfonamides is 1. The second kappa shape index (κ2) is 12.6. The van der Waals surface area contributed by atoms with Crippen molar-refractivity contribution in [2.24, 2.45) is 0 Å². The summed E-state index contributed by atoms with van der Waals surface area (Å²) in [7, 11) is -4.25. The van der Waals surface area contributed by atoms with Crippen LogP contribution >= 0.6 is 0 Å². The molecular formula is C32H30F3N5O4S. The van der Waals surface area contributed by atoms with Gasteiger partial charge in [-0.25, -0.2) is 22.7 Å². The Morgan fingerprint density at radius 3 is 2.29 bits per heavy atom. The van der Waals surface area contributed by atoms with Gasteiger partial charge in [0.15, 0.2) is 0 Å². The number of carbonyl (C=O) groups is 1. The molecule has 0 atom stereocenters. The van der Waals surface area contributed by atoms with Gasteiger partial charge in [-0.1, -0.05) is 67.9 Å². The van der Waals surface area contributed by atoms with Gasteiger partial charge in [-0.3, -0.25) is 9.13 Å². The molecule has 0 unspecified atom stereocenters. The van der Waals surface area contributed by atoms with Crippen LogP contribution in [-0.2, 0) is 29.2 Å². The molecule has 0 fully saturated rings. The fraction of sp³-hybridized carbons (Fsp3) is 0.219. The number of carbonyl (C=O) groups excluding carboxylic acids is 1. The standard InChI is InChI=1S/C32H30F3N5O4S/c1-3-4-15-29-36-40(27-13-7-6-12-26(27)32(33,34)35)31(42)39(29)21-23-16-18-24(19-17-23)25-11-5-8-14-28(25)45(43,44)37-30(41)38-20-9-10-22(38)2/h5-14,16-20H,3-4,15,21H2,1-2H3,(H,37,41). The van der Waals surface area contributed by atoms with Gasteiger partial charge in [0.05, 0.1) is 22.7 Å². The van der Waals surface area contributed by atoms with Crippen molar-refractivity contribution in [3.8, 4) is 16.8 Å². The van der Waals surface area contributed by atoms with Crippen molar-refractivity contribution in [2.75, 3.05) is 0 Å². The lowest BCUT2D eigenvalue weighted by molar-refractivity contribution is -0.137. The third-order valence-electron chi connectivity index (χ3n) is 7.31. The second-order valence-corrected chi connectivity index (χ2v) is 12.1. The summed E-state index contributed by atoms with van der Waals surface area (Å²) >= 11 is 0. The lowest BCUT2D eigenvalue weighted by Gasteiger charge is -2.13. The molecule has 0 bridgehead atoms. The number of aryl methyl sites for hydroxylation is 2. The lowest BCUT2D eigenvalue weighted by atomic mass is 10.0. The molecule has 5 aromatic rings. The highest BCUT2D eigenvalue weighted by Gasteiger charge is 2.35. The molecule has 13 heteroatoms. The van der Waals surface area contributed by atoms with Crippen LogP contribution in [0.5, 0.6) is 0 Å². The summed E-state index contributed by atoms with van der Waals surface area (Å²) in [5, 5.41) is 4.30. The molecule has 5 rings (SSSR count). The van der Waals surface area contributed by atoms with Crippen molar-refractivity contribution in [3.05, 3.63) is 124 Å². The smallest absolute Gasteiger partial charge is 0.274 e. The van der Waals surface area contributed by atoms with Gasteiger partial charge in [0, 0.05) is 23.9 Å². The lowest BCUT2D eigenvalue weighted by Crippen LogP contribution is -2.34. The number of halogens is 3. The summed E-state index contributed by atoms with van der Waals surface area (Å²) in [6.07, 6.45) is -1.34. The number of unbranched alkanes of at least 4 members (excludes halogenated alkanes) is 1. The van der Waals surface area contributed by atoms with E-state index in [0.717, 1.165) is 17.2 Å². The number of benzene rings is 3.